The Labute approximate surface area is 124 Å². The number of carbonyl (C=O) groups is 2. The normalized spacial score (nSPS) is 10.0. The number of anilines is 1. The second kappa shape index (κ2) is 6.70. The van der Waals surface area contributed by atoms with Crippen LogP contribution in [0.5, 0.6) is 0 Å². The highest BCUT2D eigenvalue weighted by atomic mass is 16.2. The van der Waals surface area contributed by atoms with E-state index in [2.05, 4.69) is 5.32 Å². The Morgan fingerprint density at radius 2 is 1.71 bits per heavy atom. The summed E-state index contributed by atoms with van der Waals surface area (Å²) >= 11 is 0. The Kier molecular flexibility index (Phi) is 4.72. The zero-order valence-corrected chi connectivity index (χ0v) is 12.2. The molecule has 2 aromatic rings. The lowest BCUT2D eigenvalue weighted by molar-refractivity contribution is -0.115. The smallest absolute Gasteiger partial charge is 0.253 e. The first-order valence-electron chi connectivity index (χ1n) is 6.72. The van der Waals surface area contributed by atoms with Gasteiger partial charge in [-0.25, -0.2) is 0 Å². The largest absolute Gasteiger partial charge is 0.345 e. The molecule has 0 saturated carbocycles. The third-order valence-corrected chi connectivity index (χ3v) is 3.01. The minimum atomic E-state index is -0.101. The van der Waals surface area contributed by atoms with Gasteiger partial charge in [-0.05, 0) is 23.8 Å². The van der Waals surface area contributed by atoms with E-state index in [0.29, 0.717) is 17.7 Å². The van der Waals surface area contributed by atoms with E-state index in [1.54, 1.807) is 38.4 Å². The lowest BCUT2D eigenvalue weighted by Crippen LogP contribution is -2.22. The molecule has 0 saturated heterocycles. The number of rotatable bonds is 4. The molecule has 2 rings (SSSR count). The lowest BCUT2D eigenvalue weighted by atomic mass is 10.1. The first-order valence-corrected chi connectivity index (χ1v) is 6.72. The molecule has 2 amide bonds. The van der Waals surface area contributed by atoms with Crippen LogP contribution >= 0.6 is 0 Å². The third-order valence-electron chi connectivity index (χ3n) is 3.01. The van der Waals surface area contributed by atoms with Gasteiger partial charge in [0, 0.05) is 25.3 Å². The van der Waals surface area contributed by atoms with Crippen molar-refractivity contribution in [3.63, 3.8) is 0 Å². The van der Waals surface area contributed by atoms with Crippen LogP contribution < -0.4 is 5.32 Å². The number of hydrogen-bond acceptors (Lipinski definition) is 2. The van der Waals surface area contributed by atoms with E-state index >= 15 is 0 Å². The van der Waals surface area contributed by atoms with Gasteiger partial charge in [0.25, 0.3) is 5.91 Å². The molecule has 0 heterocycles. The monoisotopic (exact) mass is 282 g/mol. The van der Waals surface area contributed by atoms with Gasteiger partial charge in [-0.15, -0.1) is 0 Å². The number of amides is 2. The highest BCUT2D eigenvalue weighted by Crippen LogP contribution is 2.12. The fourth-order valence-electron chi connectivity index (χ4n) is 1.97. The van der Waals surface area contributed by atoms with E-state index in [0.717, 1.165) is 5.56 Å². The van der Waals surface area contributed by atoms with E-state index in [1.165, 1.54) is 4.90 Å². The van der Waals surface area contributed by atoms with Crippen LogP contribution in [-0.4, -0.2) is 30.8 Å². The molecular weight excluding hydrogens is 264 g/mol. The molecule has 0 radical (unpaired) electrons. The van der Waals surface area contributed by atoms with Gasteiger partial charge in [0.1, 0.15) is 0 Å². The number of nitrogens with zero attached hydrogens (tertiary/aromatic N) is 1. The number of hydrogen-bond donors (Lipinski definition) is 1. The van der Waals surface area contributed by atoms with Crippen molar-refractivity contribution in [1.29, 1.82) is 0 Å². The second-order valence-electron chi connectivity index (χ2n) is 4.99. The fourth-order valence-corrected chi connectivity index (χ4v) is 1.97. The summed E-state index contributed by atoms with van der Waals surface area (Å²) in [5, 5.41) is 2.81. The zero-order valence-electron chi connectivity index (χ0n) is 12.2. The summed E-state index contributed by atoms with van der Waals surface area (Å²) in [7, 11) is 3.39. The topological polar surface area (TPSA) is 49.4 Å². The molecule has 0 atom stereocenters. The minimum absolute atomic E-state index is 0.0887. The Bertz CT molecular complexity index is 636. The summed E-state index contributed by atoms with van der Waals surface area (Å²) in [4.78, 5) is 25.4. The molecular formula is C17H18N2O2. The number of carbonyl (C=O) groups excluding carboxylic acids is 2. The van der Waals surface area contributed by atoms with E-state index in [4.69, 9.17) is 0 Å². The first-order chi connectivity index (χ1) is 10.1. The third kappa shape index (κ3) is 4.18. The lowest BCUT2D eigenvalue weighted by Gasteiger charge is -2.11. The van der Waals surface area contributed by atoms with E-state index in [9.17, 15) is 9.59 Å². The molecule has 1 N–H and O–H groups in total. The molecule has 108 valence electrons. The molecule has 4 heteroatoms. The molecule has 0 aromatic heterocycles. The van der Waals surface area contributed by atoms with Crippen LogP contribution in [0.2, 0.25) is 0 Å². The summed E-state index contributed by atoms with van der Waals surface area (Å²) in [6.07, 6.45) is 0.312. The SMILES string of the molecule is CN(C)C(=O)c1cccc(NC(=O)Cc2ccccc2)c1. The standard InChI is InChI=1S/C17H18N2O2/c1-19(2)17(21)14-9-6-10-15(12-14)18-16(20)11-13-7-4-3-5-8-13/h3-10,12H,11H2,1-2H3,(H,18,20). The van der Waals surface area contributed by atoms with E-state index in [-0.39, 0.29) is 11.8 Å². The highest BCUT2D eigenvalue weighted by Gasteiger charge is 2.09. The Morgan fingerprint density at radius 1 is 1.00 bits per heavy atom. The number of benzene rings is 2. The Balaban J connectivity index is 2.04. The summed E-state index contributed by atoms with van der Waals surface area (Å²) < 4.78 is 0. The van der Waals surface area contributed by atoms with Crippen molar-refractivity contribution in [2.45, 2.75) is 6.42 Å². The van der Waals surface area contributed by atoms with Crippen molar-refractivity contribution in [1.82, 2.24) is 4.90 Å². The van der Waals surface area contributed by atoms with Crippen LogP contribution in [0.25, 0.3) is 0 Å². The summed E-state index contributed by atoms with van der Waals surface area (Å²) in [6, 6.07) is 16.5. The van der Waals surface area contributed by atoms with Gasteiger partial charge < -0.3 is 10.2 Å². The van der Waals surface area contributed by atoms with Gasteiger partial charge in [0.15, 0.2) is 0 Å². The van der Waals surface area contributed by atoms with Crippen LogP contribution in [0.15, 0.2) is 54.6 Å². The van der Waals surface area contributed by atoms with Gasteiger partial charge in [0.2, 0.25) is 5.91 Å². The number of nitrogens with one attached hydrogen (secondary N) is 1. The van der Waals surface area contributed by atoms with Gasteiger partial charge in [-0.1, -0.05) is 36.4 Å². The van der Waals surface area contributed by atoms with Gasteiger partial charge in [-0.2, -0.15) is 0 Å². The first kappa shape index (κ1) is 14.8. The summed E-state index contributed by atoms with van der Waals surface area (Å²) in [5.41, 5.74) is 2.14. The summed E-state index contributed by atoms with van der Waals surface area (Å²) in [5.74, 6) is -0.190. The highest BCUT2D eigenvalue weighted by molar-refractivity contribution is 5.97. The molecule has 0 aliphatic heterocycles. The molecule has 2 aromatic carbocycles. The zero-order chi connectivity index (χ0) is 15.2. The maximum atomic E-state index is 12.0. The Morgan fingerprint density at radius 3 is 2.38 bits per heavy atom. The van der Waals surface area contributed by atoms with Gasteiger partial charge >= 0.3 is 0 Å². The van der Waals surface area contributed by atoms with Crippen molar-refractivity contribution in [3.8, 4) is 0 Å². The van der Waals surface area contributed by atoms with Gasteiger partial charge in [-0.3, -0.25) is 9.59 Å². The van der Waals surface area contributed by atoms with Crippen molar-refractivity contribution in [3.05, 3.63) is 65.7 Å². The van der Waals surface area contributed by atoms with Crippen molar-refractivity contribution in [2.24, 2.45) is 0 Å². The molecule has 4 nitrogen and oxygen atoms in total. The van der Waals surface area contributed by atoms with Crippen molar-refractivity contribution < 1.29 is 9.59 Å². The molecule has 0 aliphatic carbocycles. The van der Waals surface area contributed by atoms with Crippen LogP contribution in [0.3, 0.4) is 0 Å². The molecule has 0 fully saturated rings. The molecule has 0 spiro atoms. The molecule has 0 unspecified atom stereocenters. The second-order valence-corrected chi connectivity index (χ2v) is 4.99. The predicted molar refractivity (Wildman–Crippen MR) is 83.2 cm³/mol. The van der Waals surface area contributed by atoms with E-state index in [1.807, 2.05) is 30.3 Å². The maximum Gasteiger partial charge on any atom is 0.253 e. The predicted octanol–water partition coefficient (Wildman–Crippen LogP) is 2.57. The quantitative estimate of drug-likeness (QED) is 0.937. The van der Waals surface area contributed by atoms with E-state index < -0.39 is 0 Å². The average molecular weight is 282 g/mol. The van der Waals surface area contributed by atoms with Gasteiger partial charge in [0.05, 0.1) is 6.42 Å². The molecule has 21 heavy (non-hydrogen) atoms. The van der Waals surface area contributed by atoms with Crippen LogP contribution in [-0.2, 0) is 11.2 Å². The van der Waals surface area contributed by atoms with Crippen LogP contribution in [0.4, 0.5) is 5.69 Å². The van der Waals surface area contributed by atoms with Crippen molar-refractivity contribution in [2.75, 3.05) is 19.4 Å². The Hall–Kier alpha value is -2.62. The van der Waals surface area contributed by atoms with Crippen LogP contribution in [0.1, 0.15) is 15.9 Å². The fraction of sp³-hybridized carbons (Fsp3) is 0.176. The minimum Gasteiger partial charge on any atom is -0.345 e. The summed E-state index contributed by atoms with van der Waals surface area (Å²) in [6.45, 7) is 0. The van der Waals surface area contributed by atoms with Crippen LogP contribution in [0, 0.1) is 0 Å². The molecule has 0 aliphatic rings. The van der Waals surface area contributed by atoms with Crippen molar-refractivity contribution >= 4 is 17.5 Å². The maximum absolute atomic E-state index is 12.0. The molecule has 0 bridgehead atoms. The average Bonchev–Trinajstić information content (AvgIpc) is 2.47.